The van der Waals surface area contributed by atoms with E-state index in [0.29, 0.717) is 0 Å². The molecule has 0 bridgehead atoms. The van der Waals surface area contributed by atoms with Gasteiger partial charge in [-0.05, 0) is 54.6 Å². The Morgan fingerprint density at radius 2 is 0.606 bits per heavy atom. The normalized spacial score (nSPS) is 10.7. The largest absolute Gasteiger partial charge is 0.378 e. The third-order valence-corrected chi connectivity index (χ3v) is 5.55. The highest BCUT2D eigenvalue weighted by Crippen LogP contribution is 2.22. The molecule has 0 aliphatic heterocycles. The maximum atomic E-state index is 3.37. The average Bonchev–Trinajstić information content (AvgIpc) is 2.79. The van der Waals surface area contributed by atoms with Crippen molar-refractivity contribution in [2.24, 2.45) is 0 Å². The van der Waals surface area contributed by atoms with Crippen molar-refractivity contribution in [2.75, 3.05) is 57.0 Å². The van der Waals surface area contributed by atoms with E-state index < -0.39 is 0 Å². The summed E-state index contributed by atoms with van der Waals surface area (Å²) in [6, 6.07) is 18.7. The Kier molecular flexibility index (Phi) is 6.04. The van der Waals surface area contributed by atoms with Crippen molar-refractivity contribution in [3.63, 3.8) is 0 Å². The van der Waals surface area contributed by atoms with Gasteiger partial charge < -0.3 is 14.7 Å². The van der Waals surface area contributed by atoms with Crippen molar-refractivity contribution >= 4 is 17.1 Å². The lowest BCUT2D eigenvalue weighted by molar-refractivity contribution is 1.13. The first-order valence-electron chi connectivity index (χ1n) is 10.8. The van der Waals surface area contributed by atoms with Gasteiger partial charge in [0.2, 0.25) is 0 Å². The van der Waals surface area contributed by atoms with Crippen LogP contribution in [0.2, 0.25) is 0 Å². The molecule has 1 aliphatic carbocycles. The predicted molar refractivity (Wildman–Crippen MR) is 140 cm³/mol. The van der Waals surface area contributed by atoms with Crippen LogP contribution >= 0.6 is 0 Å². The van der Waals surface area contributed by atoms with Crippen molar-refractivity contribution in [1.82, 2.24) is 0 Å². The Hall–Kier alpha value is -4.26. The third-order valence-electron chi connectivity index (χ3n) is 5.55. The molecule has 0 unspecified atom stereocenters. The number of nitrogens with zero attached hydrogens (tertiary/aromatic N) is 3. The molecule has 0 atom stereocenters. The van der Waals surface area contributed by atoms with Crippen molar-refractivity contribution in [1.29, 1.82) is 0 Å². The molecule has 0 radical (unpaired) electrons. The number of rotatable bonds is 3. The molecule has 4 rings (SSSR count). The summed E-state index contributed by atoms with van der Waals surface area (Å²) in [4.78, 5) is 6.23. The molecule has 162 valence electrons. The van der Waals surface area contributed by atoms with Crippen LogP contribution in [0.15, 0.2) is 54.6 Å². The topological polar surface area (TPSA) is 9.72 Å². The molecule has 0 aromatic heterocycles. The van der Waals surface area contributed by atoms with E-state index in [4.69, 9.17) is 0 Å². The van der Waals surface area contributed by atoms with Gasteiger partial charge in [-0.15, -0.1) is 0 Å². The van der Waals surface area contributed by atoms with Gasteiger partial charge in [-0.3, -0.25) is 0 Å². The standard InChI is InChI=1S/C30H27N3/c1-31(2)28-16-13-22-8-11-26-20-30(33(5)6)18-15-24(26)9-12-27-21-29(32(3)4)17-14-23(27)7-10-25(22)19-28/h13-21H,1-6H3. The molecule has 3 heteroatoms. The van der Waals surface area contributed by atoms with Crippen LogP contribution in [0.4, 0.5) is 17.1 Å². The molecule has 0 spiro atoms. The summed E-state index contributed by atoms with van der Waals surface area (Å²) in [6.07, 6.45) is 0. The Morgan fingerprint density at radius 3 is 0.848 bits per heavy atom. The van der Waals surface area contributed by atoms with Gasteiger partial charge in [-0.1, -0.05) is 35.5 Å². The highest BCUT2D eigenvalue weighted by atomic mass is 15.1. The number of benzene rings is 3. The van der Waals surface area contributed by atoms with E-state index in [9.17, 15) is 0 Å². The fraction of sp³-hybridized carbons (Fsp3) is 0.200. The first-order valence-corrected chi connectivity index (χ1v) is 10.8. The second kappa shape index (κ2) is 9.08. The predicted octanol–water partition coefficient (Wildman–Crippen LogP) is 4.40. The number of hydrogen-bond acceptors (Lipinski definition) is 3. The van der Waals surface area contributed by atoms with E-state index in [1.54, 1.807) is 0 Å². The highest BCUT2D eigenvalue weighted by molar-refractivity contribution is 5.67. The van der Waals surface area contributed by atoms with Gasteiger partial charge in [0.15, 0.2) is 0 Å². The quantitative estimate of drug-likeness (QED) is 0.447. The van der Waals surface area contributed by atoms with Crippen LogP contribution in [0.3, 0.4) is 0 Å². The van der Waals surface area contributed by atoms with E-state index in [0.717, 1.165) is 50.4 Å². The van der Waals surface area contributed by atoms with Crippen LogP contribution in [0.25, 0.3) is 0 Å². The molecule has 33 heavy (non-hydrogen) atoms. The molecule has 0 N–H and O–H groups in total. The van der Waals surface area contributed by atoms with Gasteiger partial charge in [0.25, 0.3) is 0 Å². The van der Waals surface area contributed by atoms with E-state index in [1.807, 2.05) is 42.3 Å². The molecule has 3 aromatic rings. The highest BCUT2D eigenvalue weighted by Gasteiger charge is 2.07. The summed E-state index contributed by atoms with van der Waals surface area (Å²) in [6.45, 7) is 0. The second-order valence-corrected chi connectivity index (χ2v) is 8.62. The molecule has 0 saturated carbocycles. The van der Waals surface area contributed by atoms with Gasteiger partial charge in [0.05, 0.1) is 0 Å². The summed E-state index contributed by atoms with van der Waals surface area (Å²) in [7, 11) is 12.2. The van der Waals surface area contributed by atoms with Gasteiger partial charge in [-0.2, -0.15) is 0 Å². The van der Waals surface area contributed by atoms with Crippen LogP contribution in [0, 0.1) is 35.5 Å². The Labute approximate surface area is 197 Å². The minimum atomic E-state index is 0.911. The maximum absolute atomic E-state index is 3.37. The van der Waals surface area contributed by atoms with E-state index in [2.05, 4.69) is 105 Å². The van der Waals surface area contributed by atoms with Crippen LogP contribution in [-0.4, -0.2) is 42.3 Å². The zero-order valence-corrected chi connectivity index (χ0v) is 20.0. The molecule has 0 saturated heterocycles. The molecule has 3 nitrogen and oxygen atoms in total. The number of fused-ring (bicyclic) bond motifs is 3. The molecule has 0 amide bonds. The van der Waals surface area contributed by atoms with Crippen molar-refractivity contribution in [2.45, 2.75) is 0 Å². The third kappa shape index (κ3) is 4.82. The fourth-order valence-corrected chi connectivity index (χ4v) is 3.47. The summed E-state index contributed by atoms with van der Waals surface area (Å²) < 4.78 is 0. The summed E-state index contributed by atoms with van der Waals surface area (Å²) in [5.74, 6) is 20.2. The Bertz CT molecular complexity index is 1230. The lowest BCUT2D eigenvalue weighted by Gasteiger charge is -2.14. The lowest BCUT2D eigenvalue weighted by atomic mass is 10.0. The van der Waals surface area contributed by atoms with Gasteiger partial charge in [0, 0.05) is 92.7 Å². The zero-order chi connectivity index (χ0) is 23.5. The first kappa shape index (κ1) is 22.0. The zero-order valence-electron chi connectivity index (χ0n) is 20.0. The molecular formula is C30H27N3. The molecule has 1 aliphatic rings. The van der Waals surface area contributed by atoms with Crippen LogP contribution in [0.5, 0.6) is 0 Å². The van der Waals surface area contributed by atoms with Gasteiger partial charge in [-0.25, -0.2) is 0 Å². The second-order valence-electron chi connectivity index (χ2n) is 8.62. The average molecular weight is 430 g/mol. The van der Waals surface area contributed by atoms with Gasteiger partial charge in [0.1, 0.15) is 0 Å². The monoisotopic (exact) mass is 429 g/mol. The molecule has 0 fully saturated rings. The maximum Gasteiger partial charge on any atom is 0.0426 e. The van der Waals surface area contributed by atoms with Crippen LogP contribution in [-0.2, 0) is 0 Å². The summed E-state index contributed by atoms with van der Waals surface area (Å²) in [5, 5.41) is 0. The minimum absolute atomic E-state index is 0.911. The first-order chi connectivity index (χ1) is 15.8. The SMILES string of the molecule is CN(C)c1ccc2c(c1)C#Cc1ccc(N(C)C)cc1C#Cc1ccc(N(C)C)cc1C#C2. The number of hydrogen-bond donors (Lipinski definition) is 0. The molecule has 0 heterocycles. The van der Waals surface area contributed by atoms with Crippen molar-refractivity contribution in [3.05, 3.63) is 88.0 Å². The summed E-state index contributed by atoms with van der Waals surface area (Å²) >= 11 is 0. The smallest absolute Gasteiger partial charge is 0.0426 e. The van der Waals surface area contributed by atoms with Crippen molar-refractivity contribution in [3.8, 4) is 35.5 Å². The van der Waals surface area contributed by atoms with E-state index in [1.165, 1.54) is 0 Å². The van der Waals surface area contributed by atoms with E-state index in [-0.39, 0.29) is 0 Å². The van der Waals surface area contributed by atoms with E-state index >= 15 is 0 Å². The van der Waals surface area contributed by atoms with Crippen molar-refractivity contribution < 1.29 is 0 Å². The molecule has 3 aromatic carbocycles. The van der Waals surface area contributed by atoms with Gasteiger partial charge >= 0.3 is 0 Å². The van der Waals surface area contributed by atoms with Crippen LogP contribution in [0.1, 0.15) is 33.4 Å². The summed E-state index contributed by atoms with van der Waals surface area (Å²) in [5.41, 5.74) is 8.75. The minimum Gasteiger partial charge on any atom is -0.378 e. The Morgan fingerprint density at radius 1 is 0.364 bits per heavy atom. The lowest BCUT2D eigenvalue weighted by Crippen LogP contribution is -2.09. The van der Waals surface area contributed by atoms with Crippen LogP contribution < -0.4 is 14.7 Å². The fourth-order valence-electron chi connectivity index (χ4n) is 3.47. The molecular weight excluding hydrogens is 402 g/mol. The number of anilines is 3. The Balaban J connectivity index is 2.00.